The van der Waals surface area contributed by atoms with Gasteiger partial charge in [-0.1, -0.05) is 6.92 Å². The standard InChI is InChI=1S/C14H17N3O2/c1-3-14(13(18)19)7-4-8-17(14)12-11(9-15)6-5-10(2)16-12/h5-6H,3-4,7-8H2,1-2H3,(H,18,19). The van der Waals surface area contributed by atoms with Crippen molar-refractivity contribution in [2.24, 2.45) is 0 Å². The van der Waals surface area contributed by atoms with Gasteiger partial charge in [-0.3, -0.25) is 0 Å². The minimum absolute atomic E-state index is 0.437. The molecule has 5 heteroatoms. The maximum Gasteiger partial charge on any atom is 0.329 e. The summed E-state index contributed by atoms with van der Waals surface area (Å²) < 4.78 is 0. The number of carbonyl (C=O) groups is 1. The van der Waals surface area contributed by atoms with Crippen molar-refractivity contribution in [3.05, 3.63) is 23.4 Å². The first-order chi connectivity index (χ1) is 9.05. The van der Waals surface area contributed by atoms with Gasteiger partial charge < -0.3 is 10.0 Å². The smallest absolute Gasteiger partial charge is 0.329 e. The van der Waals surface area contributed by atoms with E-state index < -0.39 is 11.5 Å². The number of pyridine rings is 1. The summed E-state index contributed by atoms with van der Waals surface area (Å²) in [5.41, 5.74) is 0.301. The zero-order valence-corrected chi connectivity index (χ0v) is 11.2. The monoisotopic (exact) mass is 259 g/mol. The SMILES string of the molecule is CCC1(C(=O)O)CCCN1c1nc(C)ccc1C#N. The molecule has 100 valence electrons. The second-order valence-corrected chi connectivity index (χ2v) is 4.88. The number of carboxylic acids is 1. The lowest BCUT2D eigenvalue weighted by atomic mass is 9.92. The van der Waals surface area contributed by atoms with E-state index in [0.29, 0.717) is 30.8 Å². The van der Waals surface area contributed by atoms with Crippen LogP contribution in [0.3, 0.4) is 0 Å². The fourth-order valence-corrected chi connectivity index (χ4v) is 2.76. The van der Waals surface area contributed by atoms with Crippen LogP contribution in [0.15, 0.2) is 12.1 Å². The largest absolute Gasteiger partial charge is 0.479 e. The van der Waals surface area contributed by atoms with Gasteiger partial charge in [0.05, 0.1) is 5.56 Å². The molecule has 1 saturated heterocycles. The molecule has 2 rings (SSSR count). The van der Waals surface area contributed by atoms with Gasteiger partial charge in [-0.2, -0.15) is 5.26 Å². The first kappa shape index (κ1) is 13.3. The lowest BCUT2D eigenvalue weighted by molar-refractivity contribution is -0.143. The Labute approximate surface area is 112 Å². The average Bonchev–Trinajstić information content (AvgIpc) is 2.83. The molecule has 1 aromatic rings. The molecule has 0 aliphatic carbocycles. The Balaban J connectivity index is 2.55. The second-order valence-electron chi connectivity index (χ2n) is 4.88. The quantitative estimate of drug-likeness (QED) is 0.899. The molecule has 0 radical (unpaired) electrons. The molecule has 1 fully saturated rings. The highest BCUT2D eigenvalue weighted by Gasteiger charge is 2.47. The Morgan fingerprint density at radius 3 is 2.95 bits per heavy atom. The zero-order valence-electron chi connectivity index (χ0n) is 11.2. The van der Waals surface area contributed by atoms with Crippen molar-refractivity contribution in [1.82, 2.24) is 4.98 Å². The van der Waals surface area contributed by atoms with E-state index in [1.165, 1.54) is 0 Å². The summed E-state index contributed by atoms with van der Waals surface area (Å²) in [7, 11) is 0. The third-order valence-corrected chi connectivity index (χ3v) is 3.86. The number of hydrogen-bond donors (Lipinski definition) is 1. The van der Waals surface area contributed by atoms with Gasteiger partial charge in [0.2, 0.25) is 0 Å². The van der Waals surface area contributed by atoms with Crippen molar-refractivity contribution in [3.8, 4) is 6.07 Å². The fraction of sp³-hybridized carbons (Fsp3) is 0.500. The minimum Gasteiger partial charge on any atom is -0.479 e. The van der Waals surface area contributed by atoms with E-state index >= 15 is 0 Å². The van der Waals surface area contributed by atoms with Gasteiger partial charge in [-0.05, 0) is 38.3 Å². The topological polar surface area (TPSA) is 77.2 Å². The molecule has 1 atom stereocenters. The van der Waals surface area contributed by atoms with Gasteiger partial charge in [0.15, 0.2) is 0 Å². The van der Waals surface area contributed by atoms with Gasteiger partial charge in [-0.15, -0.1) is 0 Å². The predicted octanol–water partition coefficient (Wildman–Crippen LogP) is 2.10. The van der Waals surface area contributed by atoms with E-state index in [0.717, 1.165) is 12.1 Å². The Kier molecular flexibility index (Phi) is 3.43. The maximum atomic E-state index is 11.7. The summed E-state index contributed by atoms with van der Waals surface area (Å²) in [5, 5.41) is 18.8. The predicted molar refractivity (Wildman–Crippen MR) is 70.9 cm³/mol. The van der Waals surface area contributed by atoms with Crippen LogP contribution < -0.4 is 4.90 Å². The first-order valence-corrected chi connectivity index (χ1v) is 6.44. The summed E-state index contributed by atoms with van der Waals surface area (Å²) in [6, 6.07) is 5.58. The lowest BCUT2D eigenvalue weighted by Gasteiger charge is -2.35. The Morgan fingerprint density at radius 2 is 2.37 bits per heavy atom. The maximum absolute atomic E-state index is 11.7. The van der Waals surface area contributed by atoms with Crippen LogP contribution in [-0.4, -0.2) is 28.1 Å². The molecule has 1 aliphatic heterocycles. The van der Waals surface area contributed by atoms with Gasteiger partial charge in [-0.25, -0.2) is 9.78 Å². The van der Waals surface area contributed by atoms with Gasteiger partial charge in [0, 0.05) is 12.2 Å². The summed E-state index contributed by atoms with van der Waals surface area (Å²) in [6.45, 7) is 4.34. The van der Waals surface area contributed by atoms with E-state index in [9.17, 15) is 15.2 Å². The molecular formula is C14H17N3O2. The molecule has 0 amide bonds. The highest BCUT2D eigenvalue weighted by Crippen LogP contribution is 2.37. The molecule has 0 aromatic carbocycles. The molecule has 1 unspecified atom stereocenters. The van der Waals surface area contributed by atoms with Crippen molar-refractivity contribution >= 4 is 11.8 Å². The third-order valence-electron chi connectivity index (χ3n) is 3.86. The number of aromatic nitrogens is 1. The fourth-order valence-electron chi connectivity index (χ4n) is 2.76. The van der Waals surface area contributed by atoms with Crippen molar-refractivity contribution < 1.29 is 9.90 Å². The third kappa shape index (κ3) is 2.03. The minimum atomic E-state index is -0.924. The van der Waals surface area contributed by atoms with E-state index in [1.54, 1.807) is 17.0 Å². The molecule has 1 aliphatic rings. The van der Waals surface area contributed by atoms with Crippen LogP contribution in [0.5, 0.6) is 0 Å². The van der Waals surface area contributed by atoms with Crippen LogP contribution in [-0.2, 0) is 4.79 Å². The molecule has 19 heavy (non-hydrogen) atoms. The molecule has 0 spiro atoms. The molecule has 0 saturated carbocycles. The number of anilines is 1. The lowest BCUT2D eigenvalue weighted by Crippen LogP contribution is -2.51. The summed E-state index contributed by atoms with van der Waals surface area (Å²) >= 11 is 0. The van der Waals surface area contributed by atoms with Crippen molar-refractivity contribution in [1.29, 1.82) is 5.26 Å². The van der Waals surface area contributed by atoms with Crippen molar-refractivity contribution in [3.63, 3.8) is 0 Å². The average molecular weight is 259 g/mol. The molecular weight excluding hydrogens is 242 g/mol. The summed E-state index contributed by atoms with van der Waals surface area (Å²) in [5.74, 6) is -0.330. The Morgan fingerprint density at radius 1 is 1.63 bits per heavy atom. The van der Waals surface area contributed by atoms with Crippen LogP contribution in [0.1, 0.15) is 37.4 Å². The number of aryl methyl sites for hydroxylation is 1. The van der Waals surface area contributed by atoms with Crippen LogP contribution in [0.2, 0.25) is 0 Å². The number of nitrogens with zero attached hydrogens (tertiary/aromatic N) is 3. The van der Waals surface area contributed by atoms with E-state index in [-0.39, 0.29) is 0 Å². The van der Waals surface area contributed by atoms with Gasteiger partial charge in [0.25, 0.3) is 0 Å². The van der Waals surface area contributed by atoms with E-state index in [4.69, 9.17) is 0 Å². The molecule has 1 aromatic heterocycles. The van der Waals surface area contributed by atoms with Crippen LogP contribution in [0.25, 0.3) is 0 Å². The van der Waals surface area contributed by atoms with E-state index in [1.807, 2.05) is 13.8 Å². The van der Waals surface area contributed by atoms with Crippen molar-refractivity contribution in [2.45, 2.75) is 38.6 Å². The van der Waals surface area contributed by atoms with Crippen LogP contribution in [0, 0.1) is 18.3 Å². The first-order valence-electron chi connectivity index (χ1n) is 6.44. The van der Waals surface area contributed by atoms with Crippen LogP contribution >= 0.6 is 0 Å². The van der Waals surface area contributed by atoms with Crippen molar-refractivity contribution in [2.75, 3.05) is 11.4 Å². The zero-order chi connectivity index (χ0) is 14.0. The highest BCUT2D eigenvalue weighted by atomic mass is 16.4. The summed E-state index contributed by atoms with van der Waals surface area (Å²) in [6.07, 6.45) is 1.91. The molecule has 2 heterocycles. The number of hydrogen-bond acceptors (Lipinski definition) is 4. The Bertz CT molecular complexity index is 550. The summed E-state index contributed by atoms with van der Waals surface area (Å²) in [4.78, 5) is 17.9. The second kappa shape index (κ2) is 4.88. The number of rotatable bonds is 3. The highest BCUT2D eigenvalue weighted by molar-refractivity contribution is 5.84. The number of nitriles is 1. The molecule has 5 nitrogen and oxygen atoms in total. The normalized spacial score (nSPS) is 22.3. The Hall–Kier alpha value is -2.09. The van der Waals surface area contributed by atoms with E-state index in [2.05, 4.69) is 11.1 Å². The molecule has 0 bridgehead atoms. The van der Waals surface area contributed by atoms with Gasteiger partial charge in [0.1, 0.15) is 17.4 Å². The number of carboxylic acid groups (broad SMARTS) is 1. The van der Waals surface area contributed by atoms with Crippen LogP contribution in [0.4, 0.5) is 5.82 Å². The molecule has 1 N–H and O–H groups in total. The van der Waals surface area contributed by atoms with Gasteiger partial charge >= 0.3 is 5.97 Å². The number of aliphatic carboxylic acids is 1.